The number of nitrogens with one attached hydrogen (secondary N) is 2. The molecule has 1 fully saturated rings. The van der Waals surface area contributed by atoms with Gasteiger partial charge in [-0.3, -0.25) is 4.79 Å². The summed E-state index contributed by atoms with van der Waals surface area (Å²) in [6.07, 6.45) is 4.95. The van der Waals surface area contributed by atoms with Gasteiger partial charge < -0.3 is 10.6 Å². The van der Waals surface area contributed by atoms with E-state index in [-0.39, 0.29) is 11.3 Å². The average molecular weight is 274 g/mol. The molecule has 1 heterocycles. The summed E-state index contributed by atoms with van der Waals surface area (Å²) in [6, 6.07) is 8.20. The van der Waals surface area contributed by atoms with E-state index in [0.29, 0.717) is 0 Å². The number of carbonyl (C=O) groups excluding carboxylic acids is 1. The van der Waals surface area contributed by atoms with Gasteiger partial charge in [0.05, 0.1) is 5.41 Å². The molecule has 0 bridgehead atoms. The van der Waals surface area contributed by atoms with Gasteiger partial charge in [0.1, 0.15) is 0 Å². The Hall–Kier alpha value is -1.35. The second kappa shape index (κ2) is 6.89. The lowest BCUT2D eigenvalue weighted by atomic mass is 9.74. The predicted octanol–water partition coefficient (Wildman–Crippen LogP) is 3.36. The fourth-order valence-electron chi connectivity index (χ4n) is 3.06. The molecule has 20 heavy (non-hydrogen) atoms. The van der Waals surface area contributed by atoms with Crippen LogP contribution < -0.4 is 10.6 Å². The summed E-state index contributed by atoms with van der Waals surface area (Å²) >= 11 is 0. The summed E-state index contributed by atoms with van der Waals surface area (Å²) < 4.78 is 0. The minimum Gasteiger partial charge on any atom is -0.326 e. The SMILES string of the molecule is CCCC1(C(=O)Nc2ccc(CC)cc2)CCNCC1. The largest absolute Gasteiger partial charge is 0.326 e. The maximum atomic E-state index is 12.7. The van der Waals surface area contributed by atoms with Crippen LogP contribution in [0.5, 0.6) is 0 Å². The quantitative estimate of drug-likeness (QED) is 0.864. The Balaban J connectivity index is 2.07. The first-order valence-corrected chi connectivity index (χ1v) is 7.81. The highest BCUT2D eigenvalue weighted by atomic mass is 16.2. The summed E-state index contributed by atoms with van der Waals surface area (Å²) in [4.78, 5) is 12.7. The number of hydrogen-bond acceptors (Lipinski definition) is 2. The molecule has 0 saturated carbocycles. The highest BCUT2D eigenvalue weighted by Crippen LogP contribution is 2.35. The summed E-state index contributed by atoms with van der Waals surface area (Å²) in [6.45, 7) is 6.19. The first kappa shape index (κ1) is 15.0. The molecule has 1 saturated heterocycles. The van der Waals surface area contributed by atoms with Crippen molar-refractivity contribution in [2.75, 3.05) is 18.4 Å². The first-order chi connectivity index (χ1) is 9.70. The predicted molar refractivity (Wildman–Crippen MR) is 83.9 cm³/mol. The van der Waals surface area contributed by atoms with Gasteiger partial charge in [-0.2, -0.15) is 0 Å². The Labute approximate surface area is 122 Å². The van der Waals surface area contributed by atoms with Crippen molar-refractivity contribution in [1.82, 2.24) is 5.32 Å². The Kier molecular flexibility index (Phi) is 5.18. The van der Waals surface area contributed by atoms with Crippen molar-refractivity contribution in [3.8, 4) is 0 Å². The summed E-state index contributed by atoms with van der Waals surface area (Å²) in [5.41, 5.74) is 2.04. The minimum atomic E-state index is -0.177. The van der Waals surface area contributed by atoms with Gasteiger partial charge in [-0.25, -0.2) is 0 Å². The monoisotopic (exact) mass is 274 g/mol. The lowest BCUT2D eigenvalue weighted by Gasteiger charge is -2.36. The number of benzene rings is 1. The van der Waals surface area contributed by atoms with Crippen molar-refractivity contribution >= 4 is 11.6 Å². The molecule has 1 aliphatic heterocycles. The summed E-state index contributed by atoms with van der Waals surface area (Å²) in [7, 11) is 0. The molecule has 2 rings (SSSR count). The molecule has 0 unspecified atom stereocenters. The molecule has 0 atom stereocenters. The molecule has 1 aromatic carbocycles. The van der Waals surface area contributed by atoms with E-state index in [1.165, 1.54) is 5.56 Å². The molecule has 3 nitrogen and oxygen atoms in total. The zero-order chi connectivity index (χ0) is 14.4. The third-order valence-corrected chi connectivity index (χ3v) is 4.39. The van der Waals surface area contributed by atoms with Crippen LogP contribution >= 0.6 is 0 Å². The summed E-state index contributed by atoms with van der Waals surface area (Å²) in [5.74, 6) is 0.199. The minimum absolute atomic E-state index is 0.177. The topological polar surface area (TPSA) is 41.1 Å². The number of aryl methyl sites for hydroxylation is 1. The van der Waals surface area contributed by atoms with Gasteiger partial charge in [-0.1, -0.05) is 32.4 Å². The second-order valence-electron chi connectivity index (χ2n) is 5.78. The first-order valence-electron chi connectivity index (χ1n) is 7.81. The highest BCUT2D eigenvalue weighted by molar-refractivity contribution is 5.95. The Bertz CT molecular complexity index is 427. The van der Waals surface area contributed by atoms with Gasteiger partial charge in [0.2, 0.25) is 5.91 Å². The highest BCUT2D eigenvalue weighted by Gasteiger charge is 2.38. The van der Waals surface area contributed by atoms with E-state index in [4.69, 9.17) is 0 Å². The smallest absolute Gasteiger partial charge is 0.230 e. The number of amides is 1. The number of rotatable bonds is 5. The maximum absolute atomic E-state index is 12.7. The van der Waals surface area contributed by atoms with Crippen LogP contribution in [0.3, 0.4) is 0 Å². The van der Waals surface area contributed by atoms with Gasteiger partial charge in [-0.15, -0.1) is 0 Å². The van der Waals surface area contributed by atoms with E-state index in [1.807, 2.05) is 12.1 Å². The Morgan fingerprint density at radius 2 is 1.85 bits per heavy atom. The zero-order valence-electron chi connectivity index (χ0n) is 12.7. The number of piperidine rings is 1. The normalized spacial score (nSPS) is 17.7. The second-order valence-corrected chi connectivity index (χ2v) is 5.78. The van der Waals surface area contributed by atoms with E-state index in [2.05, 4.69) is 36.6 Å². The molecule has 0 aromatic heterocycles. The molecular weight excluding hydrogens is 248 g/mol. The average Bonchev–Trinajstić information content (AvgIpc) is 2.49. The van der Waals surface area contributed by atoms with Crippen molar-refractivity contribution in [2.45, 2.75) is 46.0 Å². The molecule has 1 amide bonds. The molecule has 1 aliphatic rings. The zero-order valence-corrected chi connectivity index (χ0v) is 12.7. The van der Waals surface area contributed by atoms with Crippen LogP contribution in [-0.2, 0) is 11.2 Å². The Morgan fingerprint density at radius 1 is 1.20 bits per heavy atom. The van der Waals surface area contributed by atoms with Crippen LogP contribution in [0.25, 0.3) is 0 Å². The Morgan fingerprint density at radius 3 is 2.40 bits per heavy atom. The van der Waals surface area contributed by atoms with E-state index in [9.17, 15) is 4.79 Å². The lowest BCUT2D eigenvalue weighted by Crippen LogP contribution is -2.44. The van der Waals surface area contributed by atoms with Crippen LogP contribution in [0.1, 0.15) is 45.1 Å². The van der Waals surface area contributed by atoms with Crippen LogP contribution in [-0.4, -0.2) is 19.0 Å². The maximum Gasteiger partial charge on any atom is 0.230 e. The molecule has 0 spiro atoms. The standard InChI is InChI=1S/C17H26N2O/c1-3-9-17(10-12-18-13-11-17)16(20)19-15-7-5-14(4-2)6-8-15/h5-8,18H,3-4,9-13H2,1-2H3,(H,19,20). The van der Waals surface area contributed by atoms with Crippen LogP contribution in [0.2, 0.25) is 0 Å². The van der Waals surface area contributed by atoms with E-state index >= 15 is 0 Å². The van der Waals surface area contributed by atoms with Crippen LogP contribution in [0.4, 0.5) is 5.69 Å². The van der Waals surface area contributed by atoms with Crippen molar-refractivity contribution in [3.63, 3.8) is 0 Å². The van der Waals surface area contributed by atoms with Crippen molar-refractivity contribution in [1.29, 1.82) is 0 Å². The van der Waals surface area contributed by atoms with Gasteiger partial charge in [0, 0.05) is 5.69 Å². The fraction of sp³-hybridized carbons (Fsp3) is 0.588. The van der Waals surface area contributed by atoms with Gasteiger partial charge >= 0.3 is 0 Å². The van der Waals surface area contributed by atoms with Crippen molar-refractivity contribution in [2.24, 2.45) is 5.41 Å². The fourth-order valence-corrected chi connectivity index (χ4v) is 3.06. The van der Waals surface area contributed by atoms with Gasteiger partial charge in [-0.05, 0) is 56.5 Å². The van der Waals surface area contributed by atoms with Gasteiger partial charge in [0.25, 0.3) is 0 Å². The van der Waals surface area contributed by atoms with Crippen LogP contribution in [0.15, 0.2) is 24.3 Å². The number of carbonyl (C=O) groups is 1. The third kappa shape index (κ3) is 3.40. The van der Waals surface area contributed by atoms with E-state index in [0.717, 1.165) is 50.9 Å². The number of anilines is 1. The molecule has 0 radical (unpaired) electrons. The molecule has 2 N–H and O–H groups in total. The molecule has 3 heteroatoms. The molecular formula is C17H26N2O. The van der Waals surface area contributed by atoms with Crippen molar-refractivity contribution in [3.05, 3.63) is 29.8 Å². The van der Waals surface area contributed by atoms with E-state index < -0.39 is 0 Å². The van der Waals surface area contributed by atoms with E-state index in [1.54, 1.807) is 0 Å². The van der Waals surface area contributed by atoms with Crippen LogP contribution in [0, 0.1) is 5.41 Å². The molecule has 110 valence electrons. The number of hydrogen-bond donors (Lipinski definition) is 2. The molecule has 1 aromatic rings. The van der Waals surface area contributed by atoms with Crippen molar-refractivity contribution < 1.29 is 4.79 Å². The third-order valence-electron chi connectivity index (χ3n) is 4.39. The van der Waals surface area contributed by atoms with Gasteiger partial charge in [0.15, 0.2) is 0 Å². The lowest BCUT2D eigenvalue weighted by molar-refractivity contribution is -0.127. The summed E-state index contributed by atoms with van der Waals surface area (Å²) in [5, 5.41) is 6.47. The molecule has 0 aliphatic carbocycles.